The number of benzene rings is 2. The molecule has 2 aromatic carbocycles. The van der Waals surface area contributed by atoms with E-state index in [0.29, 0.717) is 11.3 Å². The molecule has 4 saturated carbocycles. The van der Waals surface area contributed by atoms with Gasteiger partial charge in [0, 0.05) is 18.2 Å². The number of rotatable bonds is 5. The summed E-state index contributed by atoms with van der Waals surface area (Å²) in [6.45, 7) is 1.89. The number of para-hydroxylation sites is 1. The summed E-state index contributed by atoms with van der Waals surface area (Å²) in [5.41, 5.74) is 1.82. The number of hydrogen-bond donors (Lipinski definition) is 1. The van der Waals surface area contributed by atoms with E-state index in [1.807, 2.05) is 25.1 Å². The van der Waals surface area contributed by atoms with E-state index in [9.17, 15) is 13.2 Å². The number of hydrogen-bond acceptors (Lipinski definition) is 3. The van der Waals surface area contributed by atoms with Crippen molar-refractivity contribution in [1.82, 2.24) is 5.32 Å². The van der Waals surface area contributed by atoms with E-state index in [2.05, 4.69) is 5.32 Å². The van der Waals surface area contributed by atoms with Crippen LogP contribution in [0.5, 0.6) is 0 Å². The third-order valence-electron chi connectivity index (χ3n) is 7.63. The topological polar surface area (TPSA) is 66.5 Å². The van der Waals surface area contributed by atoms with Crippen LogP contribution < -0.4 is 9.62 Å². The fourth-order valence-electron chi connectivity index (χ4n) is 6.58. The first-order valence-electron chi connectivity index (χ1n) is 11.2. The van der Waals surface area contributed by atoms with Crippen molar-refractivity contribution in [3.05, 3.63) is 59.7 Å². The third-order valence-corrected chi connectivity index (χ3v) is 9.39. The van der Waals surface area contributed by atoms with Crippen LogP contribution in [0, 0.1) is 24.7 Å². The predicted octanol–water partition coefficient (Wildman–Crippen LogP) is 4.52. The van der Waals surface area contributed by atoms with E-state index in [-0.39, 0.29) is 16.3 Å². The van der Waals surface area contributed by atoms with Crippen molar-refractivity contribution in [1.29, 1.82) is 0 Å². The van der Waals surface area contributed by atoms with Crippen molar-refractivity contribution in [2.75, 3.05) is 11.4 Å². The number of nitrogens with zero attached hydrogens (tertiary/aromatic N) is 1. The van der Waals surface area contributed by atoms with Crippen LogP contribution in [-0.4, -0.2) is 26.9 Å². The maximum Gasteiger partial charge on any atom is 0.264 e. The Labute approximate surface area is 184 Å². The van der Waals surface area contributed by atoms with Gasteiger partial charge in [-0.15, -0.1) is 0 Å². The average molecular weight is 439 g/mol. The Hall–Kier alpha value is -2.34. The van der Waals surface area contributed by atoms with Gasteiger partial charge in [-0.25, -0.2) is 8.42 Å². The molecule has 2 aromatic rings. The van der Waals surface area contributed by atoms with E-state index in [0.717, 1.165) is 42.6 Å². The maximum absolute atomic E-state index is 13.3. The maximum atomic E-state index is 13.3. The summed E-state index contributed by atoms with van der Waals surface area (Å²) in [6, 6.07) is 13.8. The fraction of sp³-hybridized carbons (Fsp3) is 0.480. The van der Waals surface area contributed by atoms with Crippen LogP contribution in [0.4, 0.5) is 5.69 Å². The molecule has 0 aliphatic heterocycles. The number of aryl methyl sites for hydroxylation is 1. The Kier molecular flexibility index (Phi) is 4.88. The molecule has 4 aliphatic carbocycles. The van der Waals surface area contributed by atoms with E-state index < -0.39 is 10.0 Å². The first-order chi connectivity index (χ1) is 14.8. The van der Waals surface area contributed by atoms with Gasteiger partial charge in [0.05, 0.1) is 10.6 Å². The second kappa shape index (κ2) is 7.37. The minimum absolute atomic E-state index is 0.0986. The normalized spacial score (nSPS) is 29.0. The summed E-state index contributed by atoms with van der Waals surface area (Å²) in [5.74, 6) is 2.06. The van der Waals surface area contributed by atoms with Crippen molar-refractivity contribution in [3.8, 4) is 0 Å². The van der Waals surface area contributed by atoms with Crippen molar-refractivity contribution in [3.63, 3.8) is 0 Å². The van der Waals surface area contributed by atoms with Crippen molar-refractivity contribution >= 4 is 21.6 Å². The van der Waals surface area contributed by atoms with Gasteiger partial charge in [0.1, 0.15) is 0 Å². The molecule has 6 rings (SSSR count). The highest BCUT2D eigenvalue weighted by molar-refractivity contribution is 7.92. The Morgan fingerprint density at radius 1 is 0.968 bits per heavy atom. The lowest BCUT2D eigenvalue weighted by molar-refractivity contribution is -0.0167. The summed E-state index contributed by atoms with van der Waals surface area (Å²) < 4.78 is 27.8. The minimum Gasteiger partial charge on any atom is -0.347 e. The molecular weight excluding hydrogens is 408 g/mol. The van der Waals surface area contributed by atoms with Gasteiger partial charge >= 0.3 is 0 Å². The van der Waals surface area contributed by atoms with Gasteiger partial charge in [-0.2, -0.15) is 0 Å². The quantitative estimate of drug-likeness (QED) is 0.746. The largest absolute Gasteiger partial charge is 0.347 e. The van der Waals surface area contributed by atoms with E-state index in [1.54, 1.807) is 31.3 Å². The number of carbonyl (C=O) groups excluding carboxylic acids is 1. The lowest BCUT2D eigenvalue weighted by Gasteiger charge is -2.56. The molecule has 4 bridgehead atoms. The molecule has 0 unspecified atom stereocenters. The fourth-order valence-corrected chi connectivity index (χ4v) is 7.89. The standard InChI is InChI=1S/C25H30N2O3S/c1-17-6-3-4-9-23(17)27(2)31(29,30)22-8-5-7-21(13-22)24(28)26-25-14-18-10-19(15-25)12-20(11-18)16-25/h3-9,13,18-20H,10-12,14-16H2,1-2H3,(H,26,28). The van der Waals surface area contributed by atoms with Crippen LogP contribution in [-0.2, 0) is 10.0 Å². The molecule has 0 spiro atoms. The SMILES string of the molecule is Cc1ccccc1N(C)S(=O)(=O)c1cccc(C(=O)NC23CC4CC(CC(C4)C2)C3)c1. The van der Waals surface area contributed by atoms with Crippen LogP contribution in [0.2, 0.25) is 0 Å². The highest BCUT2D eigenvalue weighted by Gasteiger charge is 2.51. The molecule has 0 heterocycles. The molecule has 4 fully saturated rings. The van der Waals surface area contributed by atoms with Gasteiger partial charge in [-0.05, 0) is 93.0 Å². The summed E-state index contributed by atoms with van der Waals surface area (Å²) in [7, 11) is -2.22. The third kappa shape index (κ3) is 3.65. The second-order valence-corrected chi connectivity index (χ2v) is 11.9. The monoisotopic (exact) mass is 438 g/mol. The van der Waals surface area contributed by atoms with Crippen LogP contribution in [0.3, 0.4) is 0 Å². The van der Waals surface area contributed by atoms with Gasteiger partial charge in [-0.3, -0.25) is 9.10 Å². The van der Waals surface area contributed by atoms with Gasteiger partial charge in [0.2, 0.25) is 0 Å². The van der Waals surface area contributed by atoms with Crippen molar-refractivity contribution < 1.29 is 13.2 Å². The zero-order chi connectivity index (χ0) is 21.8. The molecule has 1 N–H and O–H groups in total. The molecule has 6 heteroatoms. The van der Waals surface area contributed by atoms with Gasteiger partial charge in [0.25, 0.3) is 15.9 Å². The van der Waals surface area contributed by atoms with Crippen molar-refractivity contribution in [2.24, 2.45) is 17.8 Å². The van der Waals surface area contributed by atoms with Crippen molar-refractivity contribution in [2.45, 2.75) is 55.9 Å². The smallest absolute Gasteiger partial charge is 0.264 e. The predicted molar refractivity (Wildman–Crippen MR) is 122 cm³/mol. The Morgan fingerprint density at radius 2 is 1.58 bits per heavy atom. The summed E-state index contributed by atoms with van der Waals surface area (Å²) in [4.78, 5) is 13.3. The zero-order valence-corrected chi connectivity index (χ0v) is 19.0. The van der Waals surface area contributed by atoms with Gasteiger partial charge in [0.15, 0.2) is 0 Å². The molecule has 4 aliphatic rings. The molecule has 5 nitrogen and oxygen atoms in total. The van der Waals surface area contributed by atoms with Crippen LogP contribution >= 0.6 is 0 Å². The van der Waals surface area contributed by atoms with E-state index >= 15 is 0 Å². The number of nitrogens with one attached hydrogen (secondary N) is 1. The number of anilines is 1. The molecule has 0 saturated heterocycles. The number of amides is 1. The average Bonchev–Trinajstić information content (AvgIpc) is 2.72. The molecule has 31 heavy (non-hydrogen) atoms. The molecule has 0 radical (unpaired) electrons. The molecular formula is C25H30N2O3S. The van der Waals surface area contributed by atoms with E-state index in [1.165, 1.54) is 29.6 Å². The highest BCUT2D eigenvalue weighted by Crippen LogP contribution is 2.55. The second-order valence-electron chi connectivity index (χ2n) is 9.94. The number of carbonyl (C=O) groups is 1. The van der Waals surface area contributed by atoms with Gasteiger partial charge < -0.3 is 5.32 Å². The lowest BCUT2D eigenvalue weighted by Crippen LogP contribution is -2.59. The molecule has 164 valence electrons. The Balaban J connectivity index is 1.39. The molecule has 0 atom stereocenters. The summed E-state index contributed by atoms with van der Waals surface area (Å²) in [5, 5.41) is 3.34. The zero-order valence-electron chi connectivity index (χ0n) is 18.2. The summed E-state index contributed by atoms with van der Waals surface area (Å²) >= 11 is 0. The minimum atomic E-state index is -3.77. The number of sulfonamides is 1. The Bertz CT molecular complexity index is 1090. The van der Waals surface area contributed by atoms with Crippen LogP contribution in [0.15, 0.2) is 53.4 Å². The lowest BCUT2D eigenvalue weighted by atomic mass is 9.53. The Morgan fingerprint density at radius 3 is 2.19 bits per heavy atom. The van der Waals surface area contributed by atoms with Crippen LogP contribution in [0.25, 0.3) is 0 Å². The van der Waals surface area contributed by atoms with E-state index in [4.69, 9.17) is 0 Å². The highest BCUT2D eigenvalue weighted by atomic mass is 32.2. The first-order valence-corrected chi connectivity index (χ1v) is 12.7. The first kappa shape index (κ1) is 20.6. The van der Waals surface area contributed by atoms with Crippen LogP contribution in [0.1, 0.15) is 54.4 Å². The summed E-state index contributed by atoms with van der Waals surface area (Å²) in [6.07, 6.45) is 7.15. The molecule has 0 aromatic heterocycles. The van der Waals surface area contributed by atoms with Gasteiger partial charge in [-0.1, -0.05) is 24.3 Å². The molecule has 1 amide bonds.